The van der Waals surface area contributed by atoms with E-state index in [0.29, 0.717) is 25.7 Å². The Morgan fingerprint density at radius 1 is 0.667 bits per heavy atom. The van der Waals surface area contributed by atoms with Gasteiger partial charge < -0.3 is 74.7 Å². The molecule has 0 spiro atoms. The molecule has 17 unspecified atom stereocenters. The molecule has 0 radical (unpaired) electrons. The summed E-state index contributed by atoms with van der Waals surface area (Å²) in [6.07, 6.45) is -17.3. The summed E-state index contributed by atoms with van der Waals surface area (Å²) in [5.74, 6) is -0.535. The number of aliphatic hydroxyl groups is 12. The SMILES string of the molecule is CC1OC(OCC2OC(OC3CC4C(CC(O)C(O)C4O)[OH+]C3C3CCC(O)CC3)C(O)C(O)C2O)C(O)C(O)C1O. The van der Waals surface area contributed by atoms with Gasteiger partial charge in [0.25, 0.3) is 0 Å². The zero-order valence-corrected chi connectivity index (χ0v) is 23.5. The molecule has 5 rings (SSSR count). The number of hydrogen-bond acceptors (Lipinski definition) is 14. The van der Waals surface area contributed by atoms with E-state index in [1.807, 2.05) is 0 Å². The van der Waals surface area contributed by atoms with Gasteiger partial charge in [-0.2, -0.15) is 0 Å². The second-order valence-electron chi connectivity index (χ2n) is 12.7. The Morgan fingerprint density at radius 3 is 2.00 bits per heavy atom. The van der Waals surface area contributed by atoms with E-state index in [4.69, 9.17) is 23.7 Å². The molecule has 42 heavy (non-hydrogen) atoms. The van der Waals surface area contributed by atoms with Crippen LogP contribution in [0.25, 0.3) is 0 Å². The first-order chi connectivity index (χ1) is 19.9. The average Bonchev–Trinajstić information content (AvgIpc) is 2.97. The van der Waals surface area contributed by atoms with Crippen molar-refractivity contribution in [3.8, 4) is 0 Å². The first-order valence-electron chi connectivity index (χ1n) is 15.0. The molecule has 0 amide bonds. The predicted octanol–water partition coefficient (Wildman–Crippen LogP) is -4.65. The van der Waals surface area contributed by atoms with Crippen LogP contribution in [-0.4, -0.2) is 167 Å². The second kappa shape index (κ2) is 13.4. The summed E-state index contributed by atoms with van der Waals surface area (Å²) in [5, 5.41) is 104. The molecule has 5 fully saturated rings. The fraction of sp³-hybridized carbons (Fsp3) is 1.00. The molecular weight excluding hydrogens is 564 g/mol. The quantitative estimate of drug-likeness (QED) is 0.127. The lowest BCUT2D eigenvalue weighted by molar-refractivity contribution is -0.364. The molecule has 15 nitrogen and oxygen atoms in total. The smallest absolute Gasteiger partial charge is 0.187 e. The fourth-order valence-corrected chi connectivity index (χ4v) is 7.15. The Morgan fingerprint density at radius 2 is 1.31 bits per heavy atom. The van der Waals surface area contributed by atoms with Crippen molar-refractivity contribution in [3.05, 3.63) is 0 Å². The molecule has 3 saturated heterocycles. The standard InChI is InChI=1S/C27H46O15/c1-9-17(30)21(34)23(36)26(39-9)38-8-16-20(33)22(35)24(37)27(42-16)41-15-6-12-14(7-13(29)19(32)18(12)31)40-25(15)10-2-4-11(28)5-3-10/h9-37H,2-8H2,1H3/p+1. The van der Waals surface area contributed by atoms with Crippen LogP contribution in [0.2, 0.25) is 0 Å². The molecule has 11 N–H and O–H groups in total. The van der Waals surface area contributed by atoms with Gasteiger partial charge in [-0.25, -0.2) is 0 Å². The van der Waals surface area contributed by atoms with Crippen molar-refractivity contribution < 1.29 is 74.7 Å². The van der Waals surface area contributed by atoms with Crippen LogP contribution in [0.1, 0.15) is 45.4 Å². The van der Waals surface area contributed by atoms with E-state index in [1.54, 1.807) is 0 Å². The highest BCUT2D eigenvalue weighted by molar-refractivity contribution is 5.00. The summed E-state index contributed by atoms with van der Waals surface area (Å²) in [5.41, 5.74) is 0. The highest BCUT2D eigenvalue weighted by Gasteiger charge is 2.56. The molecule has 17 atom stereocenters. The monoisotopic (exact) mass is 611 g/mol. The summed E-state index contributed by atoms with van der Waals surface area (Å²) in [6.45, 7) is 1.05. The summed E-state index contributed by atoms with van der Waals surface area (Å²) in [7, 11) is 0. The van der Waals surface area contributed by atoms with E-state index in [0.717, 1.165) is 0 Å². The summed E-state index contributed by atoms with van der Waals surface area (Å²) < 4.78 is 28.0. The molecule has 0 bridgehead atoms. The molecule has 3 heterocycles. The van der Waals surface area contributed by atoms with Crippen LogP contribution in [0.5, 0.6) is 0 Å². The zero-order chi connectivity index (χ0) is 30.5. The van der Waals surface area contributed by atoms with Crippen molar-refractivity contribution in [2.45, 2.75) is 150 Å². The van der Waals surface area contributed by atoms with Crippen LogP contribution in [-0.2, 0) is 18.9 Å². The summed E-state index contributed by atoms with van der Waals surface area (Å²) in [6, 6.07) is 0. The van der Waals surface area contributed by atoms with Gasteiger partial charge in [0.2, 0.25) is 0 Å². The van der Waals surface area contributed by atoms with Crippen molar-refractivity contribution in [1.82, 2.24) is 0 Å². The molecule has 15 heteroatoms. The minimum atomic E-state index is -1.70. The van der Waals surface area contributed by atoms with E-state index in [2.05, 4.69) is 0 Å². The van der Waals surface area contributed by atoms with E-state index >= 15 is 0 Å². The van der Waals surface area contributed by atoms with Crippen molar-refractivity contribution in [1.29, 1.82) is 0 Å². The molecule has 0 aromatic carbocycles. The van der Waals surface area contributed by atoms with E-state index in [1.165, 1.54) is 6.92 Å². The lowest BCUT2D eigenvalue weighted by atomic mass is 9.72. The van der Waals surface area contributed by atoms with Gasteiger partial charge in [0.15, 0.2) is 24.8 Å². The number of aliphatic hydroxyl groups excluding tert-OH is 10. The third-order valence-electron chi connectivity index (χ3n) is 9.84. The Labute approximate surface area is 243 Å². The van der Waals surface area contributed by atoms with Crippen molar-refractivity contribution in [2.75, 3.05) is 6.61 Å². The molecule has 2 aliphatic carbocycles. The first kappa shape index (κ1) is 32.8. The number of hydrogen-bond donors (Lipinski definition) is 10. The number of ether oxygens (including phenoxy) is 5. The van der Waals surface area contributed by atoms with Gasteiger partial charge in [0.05, 0.1) is 36.9 Å². The van der Waals surface area contributed by atoms with Crippen molar-refractivity contribution in [3.63, 3.8) is 0 Å². The van der Waals surface area contributed by atoms with Gasteiger partial charge in [-0.05, 0) is 39.0 Å². The normalized spacial score (nSPS) is 55.6. The van der Waals surface area contributed by atoms with Crippen LogP contribution >= 0.6 is 0 Å². The maximum absolute atomic E-state index is 10.8. The average molecular weight is 612 g/mol. The Hall–Kier alpha value is -0.600. The zero-order valence-electron chi connectivity index (χ0n) is 23.5. The van der Waals surface area contributed by atoms with Crippen LogP contribution < -0.4 is 0 Å². The third-order valence-corrected chi connectivity index (χ3v) is 9.84. The van der Waals surface area contributed by atoms with Crippen LogP contribution in [0.15, 0.2) is 0 Å². The second-order valence-corrected chi connectivity index (χ2v) is 12.7. The van der Waals surface area contributed by atoms with E-state index < -0.39 is 117 Å². The Bertz CT molecular complexity index is 874. The summed E-state index contributed by atoms with van der Waals surface area (Å²) in [4.78, 5) is 0. The Balaban J connectivity index is 1.29. The molecule has 0 aromatic heterocycles. The maximum Gasteiger partial charge on any atom is 0.187 e. The topological polar surface area (TPSA) is 252 Å². The van der Waals surface area contributed by atoms with Gasteiger partial charge in [-0.1, -0.05) is 0 Å². The van der Waals surface area contributed by atoms with Gasteiger partial charge in [-0.15, -0.1) is 0 Å². The lowest BCUT2D eigenvalue weighted by Gasteiger charge is -2.49. The fourth-order valence-electron chi connectivity index (χ4n) is 7.15. The van der Waals surface area contributed by atoms with Crippen molar-refractivity contribution in [2.24, 2.45) is 11.8 Å². The van der Waals surface area contributed by atoms with Gasteiger partial charge in [0, 0.05) is 12.3 Å². The minimum Gasteiger partial charge on any atom is -0.427 e. The molecule has 2 saturated carbocycles. The largest absolute Gasteiger partial charge is 0.427 e. The van der Waals surface area contributed by atoms with Crippen LogP contribution in [0.3, 0.4) is 0 Å². The minimum absolute atomic E-state index is 0.00423. The maximum atomic E-state index is 10.8. The van der Waals surface area contributed by atoms with Gasteiger partial charge in [-0.3, -0.25) is 0 Å². The lowest BCUT2D eigenvalue weighted by Crippen LogP contribution is -2.64. The Kier molecular flexibility index (Phi) is 10.5. The molecular formula is C27H47O15+. The van der Waals surface area contributed by atoms with Crippen molar-refractivity contribution >= 4 is 0 Å². The molecule has 3 aliphatic heterocycles. The predicted molar refractivity (Wildman–Crippen MR) is 138 cm³/mol. The summed E-state index contributed by atoms with van der Waals surface area (Å²) >= 11 is 0. The molecule has 0 aromatic rings. The number of rotatable bonds is 6. The molecule has 244 valence electrons. The van der Waals surface area contributed by atoms with Crippen LogP contribution in [0.4, 0.5) is 0 Å². The van der Waals surface area contributed by atoms with Gasteiger partial charge in [0.1, 0.15) is 54.9 Å². The van der Waals surface area contributed by atoms with Crippen LogP contribution in [0, 0.1) is 11.8 Å². The molecule has 5 aliphatic rings. The van der Waals surface area contributed by atoms with Gasteiger partial charge >= 0.3 is 0 Å². The first-order valence-corrected chi connectivity index (χ1v) is 15.0. The van der Waals surface area contributed by atoms with E-state index in [-0.39, 0.29) is 18.8 Å². The highest BCUT2D eigenvalue weighted by Crippen LogP contribution is 2.42. The highest BCUT2D eigenvalue weighted by atomic mass is 16.7. The number of fused-ring (bicyclic) bond motifs is 1. The third kappa shape index (κ3) is 6.52. The van der Waals surface area contributed by atoms with E-state index in [9.17, 15) is 51.1 Å².